The van der Waals surface area contributed by atoms with Crippen molar-refractivity contribution in [2.75, 3.05) is 33.7 Å². The van der Waals surface area contributed by atoms with Crippen LogP contribution in [0, 0.1) is 12.8 Å². The molecule has 1 unspecified atom stereocenters. The van der Waals surface area contributed by atoms with Crippen molar-refractivity contribution in [3.8, 4) is 0 Å². The topological polar surface area (TPSA) is 36.4 Å². The molecule has 2 rings (SSSR count). The summed E-state index contributed by atoms with van der Waals surface area (Å²) in [6, 6.07) is 0. The van der Waals surface area contributed by atoms with Gasteiger partial charge in [-0.15, -0.1) is 11.3 Å². The van der Waals surface area contributed by atoms with Gasteiger partial charge in [0.2, 0.25) is 5.91 Å². The first-order valence-electron chi connectivity index (χ1n) is 6.87. The molecule has 0 saturated carbocycles. The minimum absolute atomic E-state index is 0.291. The lowest BCUT2D eigenvalue weighted by molar-refractivity contribution is -0.133. The molecule has 19 heavy (non-hydrogen) atoms. The monoisotopic (exact) mass is 281 g/mol. The van der Waals surface area contributed by atoms with Gasteiger partial charge in [-0.1, -0.05) is 0 Å². The number of aryl methyl sites for hydroxylation is 1. The smallest absolute Gasteiger partial charge is 0.222 e. The van der Waals surface area contributed by atoms with E-state index in [2.05, 4.69) is 23.9 Å². The number of hydrogen-bond acceptors (Lipinski definition) is 4. The number of likely N-dealkylation sites (N-methyl/N-ethyl adjacent to an activating group) is 1. The number of hydrogen-bond donors (Lipinski definition) is 0. The summed E-state index contributed by atoms with van der Waals surface area (Å²) >= 11 is 1.75. The summed E-state index contributed by atoms with van der Waals surface area (Å²) in [5.74, 6) is 0.912. The highest BCUT2D eigenvalue weighted by Crippen LogP contribution is 2.18. The molecule has 1 aromatic rings. The van der Waals surface area contributed by atoms with Crippen molar-refractivity contribution in [2.45, 2.75) is 26.2 Å². The highest BCUT2D eigenvalue weighted by molar-refractivity contribution is 7.09. The summed E-state index contributed by atoms with van der Waals surface area (Å²) in [6.45, 7) is 5.13. The first-order valence-corrected chi connectivity index (χ1v) is 7.75. The minimum Gasteiger partial charge on any atom is -0.345 e. The Kier molecular flexibility index (Phi) is 4.93. The number of aromatic nitrogens is 1. The van der Waals surface area contributed by atoms with Crippen LogP contribution in [0.4, 0.5) is 0 Å². The van der Waals surface area contributed by atoms with Crippen LogP contribution in [-0.4, -0.2) is 54.4 Å². The third-order valence-electron chi connectivity index (χ3n) is 3.86. The molecule has 5 heteroatoms. The number of rotatable bonds is 5. The second-order valence-electron chi connectivity index (χ2n) is 5.55. The number of nitrogens with zero attached hydrogens (tertiary/aromatic N) is 3. The van der Waals surface area contributed by atoms with E-state index in [1.807, 2.05) is 17.5 Å². The van der Waals surface area contributed by atoms with E-state index in [1.165, 1.54) is 10.6 Å². The molecule has 4 nitrogen and oxygen atoms in total. The van der Waals surface area contributed by atoms with Crippen LogP contribution in [0.1, 0.15) is 23.4 Å². The lowest BCUT2D eigenvalue weighted by Crippen LogP contribution is -2.41. The lowest BCUT2D eigenvalue weighted by Gasteiger charge is -2.32. The maximum atomic E-state index is 11.5. The Hall–Kier alpha value is -0.940. The SMILES string of the molecule is Cc1ncsc1CCN(C)CC1CCC(=O)N(C)C1. The van der Waals surface area contributed by atoms with Gasteiger partial charge in [0, 0.05) is 38.0 Å². The van der Waals surface area contributed by atoms with Crippen LogP contribution >= 0.6 is 11.3 Å². The van der Waals surface area contributed by atoms with Crippen LogP contribution in [0.25, 0.3) is 0 Å². The quantitative estimate of drug-likeness (QED) is 0.825. The Morgan fingerprint density at radius 2 is 2.37 bits per heavy atom. The zero-order valence-corrected chi connectivity index (χ0v) is 12.9. The molecular formula is C14H23N3OS. The van der Waals surface area contributed by atoms with Crippen molar-refractivity contribution in [2.24, 2.45) is 5.92 Å². The molecule has 0 aliphatic carbocycles. The van der Waals surface area contributed by atoms with Crippen LogP contribution in [0.5, 0.6) is 0 Å². The van der Waals surface area contributed by atoms with Crippen LogP contribution in [-0.2, 0) is 11.2 Å². The fourth-order valence-corrected chi connectivity index (χ4v) is 3.41. The van der Waals surface area contributed by atoms with Crippen LogP contribution in [0.2, 0.25) is 0 Å². The highest BCUT2D eigenvalue weighted by atomic mass is 32.1. The predicted molar refractivity (Wildman–Crippen MR) is 78.4 cm³/mol. The number of amides is 1. The molecule has 1 amide bonds. The Bertz CT molecular complexity index is 432. The standard InChI is InChI=1S/C14H23N3OS/c1-11-13(19-10-15-11)6-7-16(2)8-12-4-5-14(18)17(3)9-12/h10,12H,4-9H2,1-3H3. The summed E-state index contributed by atoms with van der Waals surface area (Å²) in [6.07, 6.45) is 2.82. The number of thiazole rings is 1. The fraction of sp³-hybridized carbons (Fsp3) is 0.714. The third kappa shape index (κ3) is 4.01. The fourth-order valence-electron chi connectivity index (χ4n) is 2.64. The molecule has 0 spiro atoms. The number of piperidine rings is 1. The Balaban J connectivity index is 1.74. The van der Waals surface area contributed by atoms with Crippen LogP contribution in [0.15, 0.2) is 5.51 Å². The van der Waals surface area contributed by atoms with Gasteiger partial charge in [0.25, 0.3) is 0 Å². The van der Waals surface area contributed by atoms with Crippen molar-refractivity contribution in [1.82, 2.24) is 14.8 Å². The van der Waals surface area contributed by atoms with Crippen molar-refractivity contribution < 1.29 is 4.79 Å². The van der Waals surface area contributed by atoms with E-state index in [0.29, 0.717) is 18.2 Å². The Labute approximate surface area is 119 Å². The van der Waals surface area contributed by atoms with E-state index in [1.54, 1.807) is 11.3 Å². The van der Waals surface area contributed by atoms with Gasteiger partial charge in [0.1, 0.15) is 0 Å². The first-order chi connectivity index (χ1) is 9.06. The van der Waals surface area contributed by atoms with E-state index >= 15 is 0 Å². The van der Waals surface area contributed by atoms with E-state index in [9.17, 15) is 4.79 Å². The summed E-state index contributed by atoms with van der Waals surface area (Å²) < 4.78 is 0. The van der Waals surface area contributed by atoms with Gasteiger partial charge in [0.05, 0.1) is 11.2 Å². The van der Waals surface area contributed by atoms with Crippen LogP contribution in [0.3, 0.4) is 0 Å². The molecule has 1 aromatic heterocycles. The zero-order valence-electron chi connectivity index (χ0n) is 12.1. The van der Waals surface area contributed by atoms with Crippen molar-refractivity contribution >= 4 is 17.2 Å². The molecular weight excluding hydrogens is 258 g/mol. The van der Waals surface area contributed by atoms with Gasteiger partial charge in [-0.2, -0.15) is 0 Å². The van der Waals surface area contributed by atoms with Crippen molar-refractivity contribution in [3.05, 3.63) is 16.1 Å². The highest BCUT2D eigenvalue weighted by Gasteiger charge is 2.23. The Morgan fingerprint density at radius 3 is 3.00 bits per heavy atom. The Morgan fingerprint density at radius 1 is 1.58 bits per heavy atom. The normalized spacial score (nSPS) is 20.3. The van der Waals surface area contributed by atoms with Crippen molar-refractivity contribution in [1.29, 1.82) is 0 Å². The molecule has 106 valence electrons. The number of likely N-dealkylation sites (tertiary alicyclic amines) is 1. The second-order valence-corrected chi connectivity index (χ2v) is 6.49. The molecule has 1 aliphatic rings. The predicted octanol–water partition coefficient (Wildman–Crippen LogP) is 1.79. The average Bonchev–Trinajstić information content (AvgIpc) is 2.77. The molecule has 1 fully saturated rings. The van der Waals surface area contributed by atoms with Gasteiger partial charge < -0.3 is 9.80 Å². The zero-order chi connectivity index (χ0) is 13.8. The minimum atomic E-state index is 0.291. The van der Waals surface area contributed by atoms with E-state index in [-0.39, 0.29) is 0 Å². The average molecular weight is 281 g/mol. The lowest BCUT2D eigenvalue weighted by atomic mass is 9.97. The number of carbonyl (C=O) groups is 1. The molecule has 0 aromatic carbocycles. The third-order valence-corrected chi connectivity index (χ3v) is 4.85. The maximum absolute atomic E-state index is 11.5. The van der Waals surface area contributed by atoms with Gasteiger partial charge >= 0.3 is 0 Å². The largest absolute Gasteiger partial charge is 0.345 e. The molecule has 0 bridgehead atoms. The van der Waals surface area contributed by atoms with E-state index in [4.69, 9.17) is 0 Å². The summed E-state index contributed by atoms with van der Waals surface area (Å²) in [7, 11) is 4.09. The molecule has 1 atom stereocenters. The molecule has 0 radical (unpaired) electrons. The number of carbonyl (C=O) groups excluding carboxylic acids is 1. The second kappa shape index (κ2) is 6.48. The molecule has 1 aliphatic heterocycles. The van der Waals surface area contributed by atoms with E-state index < -0.39 is 0 Å². The van der Waals surface area contributed by atoms with Gasteiger partial charge in [-0.25, -0.2) is 4.98 Å². The molecule has 2 heterocycles. The van der Waals surface area contributed by atoms with Crippen molar-refractivity contribution in [3.63, 3.8) is 0 Å². The van der Waals surface area contributed by atoms with Gasteiger partial charge in [-0.3, -0.25) is 4.79 Å². The van der Waals surface area contributed by atoms with Gasteiger partial charge in [-0.05, 0) is 32.7 Å². The van der Waals surface area contributed by atoms with Crippen LogP contribution < -0.4 is 0 Å². The van der Waals surface area contributed by atoms with Gasteiger partial charge in [0.15, 0.2) is 0 Å². The first kappa shape index (κ1) is 14.5. The maximum Gasteiger partial charge on any atom is 0.222 e. The summed E-state index contributed by atoms with van der Waals surface area (Å²) in [5.41, 5.74) is 3.09. The van der Waals surface area contributed by atoms with E-state index in [0.717, 1.165) is 32.5 Å². The molecule has 0 N–H and O–H groups in total. The summed E-state index contributed by atoms with van der Waals surface area (Å²) in [4.78, 5) is 21.4. The molecule has 1 saturated heterocycles. The summed E-state index contributed by atoms with van der Waals surface area (Å²) in [5, 5.41) is 0.